The standard InChI is InChI=1S/C21H36N4O2/c1-17(2)27-15-19-8-6-7-18(13-19)14-23-20(22-5)24-16-21(3,4)25-9-11-26-12-10-25/h6-8,13,17H,9-12,14-16H2,1-5H3,(H2,22,23,24). The number of benzene rings is 1. The quantitative estimate of drug-likeness (QED) is 0.539. The highest BCUT2D eigenvalue weighted by molar-refractivity contribution is 5.79. The molecule has 0 amide bonds. The number of nitrogens with one attached hydrogen (secondary N) is 2. The van der Waals surface area contributed by atoms with Crippen LogP contribution in [0.1, 0.15) is 38.8 Å². The molecule has 0 bridgehead atoms. The Labute approximate surface area is 164 Å². The van der Waals surface area contributed by atoms with Gasteiger partial charge in [-0.05, 0) is 38.8 Å². The van der Waals surface area contributed by atoms with E-state index >= 15 is 0 Å². The van der Waals surface area contributed by atoms with Gasteiger partial charge in [0.25, 0.3) is 0 Å². The molecule has 1 fully saturated rings. The summed E-state index contributed by atoms with van der Waals surface area (Å²) in [6.07, 6.45) is 0.240. The van der Waals surface area contributed by atoms with Crippen LogP contribution in [0, 0.1) is 0 Å². The molecule has 2 N–H and O–H groups in total. The molecule has 0 radical (unpaired) electrons. The average molecular weight is 377 g/mol. The van der Waals surface area contributed by atoms with E-state index in [9.17, 15) is 0 Å². The van der Waals surface area contributed by atoms with Gasteiger partial charge in [0.15, 0.2) is 5.96 Å². The monoisotopic (exact) mass is 376 g/mol. The zero-order valence-corrected chi connectivity index (χ0v) is 17.5. The molecule has 1 saturated heterocycles. The summed E-state index contributed by atoms with van der Waals surface area (Å²) in [6, 6.07) is 8.48. The molecule has 0 spiro atoms. The van der Waals surface area contributed by atoms with Crippen LogP contribution in [0.3, 0.4) is 0 Å². The molecule has 1 aromatic carbocycles. The number of ether oxygens (including phenoxy) is 2. The van der Waals surface area contributed by atoms with Crippen molar-refractivity contribution >= 4 is 5.96 Å². The van der Waals surface area contributed by atoms with Gasteiger partial charge in [-0.1, -0.05) is 24.3 Å². The molecular formula is C21H36N4O2. The number of morpholine rings is 1. The third-order valence-corrected chi connectivity index (χ3v) is 4.81. The van der Waals surface area contributed by atoms with Crippen LogP contribution < -0.4 is 10.6 Å². The third-order valence-electron chi connectivity index (χ3n) is 4.81. The van der Waals surface area contributed by atoms with Crippen LogP contribution >= 0.6 is 0 Å². The molecule has 0 unspecified atom stereocenters. The van der Waals surface area contributed by atoms with E-state index in [-0.39, 0.29) is 11.6 Å². The second kappa shape index (κ2) is 10.6. The summed E-state index contributed by atoms with van der Waals surface area (Å²) in [5.41, 5.74) is 2.46. The van der Waals surface area contributed by atoms with Crippen molar-refractivity contribution in [2.75, 3.05) is 39.9 Å². The summed E-state index contributed by atoms with van der Waals surface area (Å²) >= 11 is 0. The van der Waals surface area contributed by atoms with Crippen molar-refractivity contribution in [3.05, 3.63) is 35.4 Å². The first kappa shape index (κ1) is 21.7. The number of nitrogens with zero attached hydrogens (tertiary/aromatic N) is 2. The van der Waals surface area contributed by atoms with E-state index in [1.165, 1.54) is 11.1 Å². The van der Waals surface area contributed by atoms with Crippen LogP contribution in [-0.2, 0) is 22.6 Å². The third kappa shape index (κ3) is 7.48. The summed E-state index contributed by atoms with van der Waals surface area (Å²) < 4.78 is 11.2. The molecular weight excluding hydrogens is 340 g/mol. The maximum absolute atomic E-state index is 5.69. The normalized spacial score (nSPS) is 16.6. The first-order valence-electron chi connectivity index (χ1n) is 9.87. The van der Waals surface area contributed by atoms with Crippen LogP contribution in [0.5, 0.6) is 0 Å². The zero-order chi connectivity index (χ0) is 19.7. The van der Waals surface area contributed by atoms with Crippen molar-refractivity contribution in [1.29, 1.82) is 0 Å². The molecule has 6 nitrogen and oxygen atoms in total. The van der Waals surface area contributed by atoms with Gasteiger partial charge in [0.1, 0.15) is 0 Å². The Morgan fingerprint density at radius 3 is 2.59 bits per heavy atom. The Bertz CT molecular complexity index is 596. The summed E-state index contributed by atoms with van der Waals surface area (Å²) in [5.74, 6) is 0.820. The molecule has 0 saturated carbocycles. The van der Waals surface area contributed by atoms with Crippen molar-refractivity contribution < 1.29 is 9.47 Å². The van der Waals surface area contributed by atoms with E-state index in [2.05, 4.69) is 72.5 Å². The van der Waals surface area contributed by atoms with E-state index in [1.54, 1.807) is 0 Å². The minimum atomic E-state index is 0.0511. The number of hydrogen-bond donors (Lipinski definition) is 2. The van der Waals surface area contributed by atoms with Gasteiger partial charge in [-0.3, -0.25) is 9.89 Å². The molecule has 1 aromatic rings. The first-order valence-corrected chi connectivity index (χ1v) is 9.87. The summed E-state index contributed by atoms with van der Waals surface area (Å²) in [6.45, 7) is 14.4. The Balaban J connectivity index is 1.82. The fraction of sp³-hybridized carbons (Fsp3) is 0.667. The largest absolute Gasteiger partial charge is 0.379 e. The van der Waals surface area contributed by atoms with Crippen molar-refractivity contribution in [2.45, 2.75) is 52.5 Å². The maximum atomic E-state index is 5.69. The number of aliphatic imine (C=N–C) groups is 1. The zero-order valence-electron chi connectivity index (χ0n) is 17.5. The average Bonchev–Trinajstić information content (AvgIpc) is 2.67. The molecule has 1 heterocycles. The number of hydrogen-bond acceptors (Lipinski definition) is 4. The topological polar surface area (TPSA) is 58.1 Å². The van der Waals surface area contributed by atoms with Crippen LogP contribution in [0.4, 0.5) is 0 Å². The van der Waals surface area contributed by atoms with E-state index in [4.69, 9.17) is 9.47 Å². The number of guanidine groups is 1. The second-order valence-electron chi connectivity index (χ2n) is 7.87. The molecule has 1 aliphatic rings. The summed E-state index contributed by atoms with van der Waals surface area (Å²) in [4.78, 5) is 6.83. The molecule has 1 aliphatic heterocycles. The summed E-state index contributed by atoms with van der Waals surface area (Å²) in [7, 11) is 1.81. The predicted octanol–water partition coefficient (Wildman–Crippen LogP) is 2.39. The van der Waals surface area contributed by atoms with Crippen LogP contribution in [0.25, 0.3) is 0 Å². The van der Waals surface area contributed by atoms with E-state index < -0.39 is 0 Å². The van der Waals surface area contributed by atoms with Gasteiger partial charge in [0, 0.05) is 38.8 Å². The van der Waals surface area contributed by atoms with Gasteiger partial charge in [0.05, 0.1) is 25.9 Å². The Morgan fingerprint density at radius 1 is 1.22 bits per heavy atom. The highest BCUT2D eigenvalue weighted by Crippen LogP contribution is 2.15. The van der Waals surface area contributed by atoms with E-state index in [0.29, 0.717) is 6.61 Å². The minimum absolute atomic E-state index is 0.0511. The molecule has 0 aromatic heterocycles. The van der Waals surface area contributed by atoms with Gasteiger partial charge in [-0.15, -0.1) is 0 Å². The lowest BCUT2D eigenvalue weighted by atomic mass is 10.0. The predicted molar refractivity (Wildman–Crippen MR) is 111 cm³/mol. The van der Waals surface area contributed by atoms with Crippen molar-refractivity contribution in [3.8, 4) is 0 Å². The SMILES string of the molecule is CN=C(NCc1cccc(COC(C)C)c1)NCC(C)(C)N1CCOCC1. The molecule has 152 valence electrons. The van der Waals surface area contributed by atoms with Gasteiger partial charge < -0.3 is 20.1 Å². The lowest BCUT2D eigenvalue weighted by Gasteiger charge is -2.41. The molecule has 0 aliphatic carbocycles. The Hall–Kier alpha value is -1.63. The smallest absolute Gasteiger partial charge is 0.191 e. The van der Waals surface area contributed by atoms with Gasteiger partial charge in [0.2, 0.25) is 0 Å². The molecule has 0 atom stereocenters. The van der Waals surface area contributed by atoms with E-state index in [1.807, 2.05) is 7.05 Å². The summed E-state index contributed by atoms with van der Waals surface area (Å²) in [5, 5.41) is 6.87. The van der Waals surface area contributed by atoms with Crippen molar-refractivity contribution in [1.82, 2.24) is 15.5 Å². The lowest BCUT2D eigenvalue weighted by Crippen LogP contribution is -2.56. The molecule has 27 heavy (non-hydrogen) atoms. The Kier molecular flexibility index (Phi) is 8.54. The highest BCUT2D eigenvalue weighted by Gasteiger charge is 2.28. The second-order valence-corrected chi connectivity index (χ2v) is 7.87. The lowest BCUT2D eigenvalue weighted by molar-refractivity contribution is -0.00834. The van der Waals surface area contributed by atoms with Crippen molar-refractivity contribution in [2.24, 2.45) is 4.99 Å². The number of rotatable bonds is 8. The van der Waals surface area contributed by atoms with Crippen molar-refractivity contribution in [3.63, 3.8) is 0 Å². The van der Waals surface area contributed by atoms with Gasteiger partial charge in [-0.25, -0.2) is 0 Å². The molecule has 2 rings (SSSR count). The molecule has 6 heteroatoms. The van der Waals surface area contributed by atoms with Crippen LogP contribution in [0.15, 0.2) is 29.3 Å². The van der Waals surface area contributed by atoms with Crippen LogP contribution in [0.2, 0.25) is 0 Å². The fourth-order valence-corrected chi connectivity index (χ4v) is 3.08. The fourth-order valence-electron chi connectivity index (χ4n) is 3.08. The van der Waals surface area contributed by atoms with Gasteiger partial charge in [-0.2, -0.15) is 0 Å². The Morgan fingerprint density at radius 2 is 1.93 bits per heavy atom. The first-order chi connectivity index (χ1) is 12.9. The minimum Gasteiger partial charge on any atom is -0.379 e. The maximum Gasteiger partial charge on any atom is 0.191 e. The van der Waals surface area contributed by atoms with Crippen LogP contribution in [-0.4, -0.2) is 62.4 Å². The highest BCUT2D eigenvalue weighted by atomic mass is 16.5. The van der Waals surface area contributed by atoms with E-state index in [0.717, 1.165) is 45.4 Å². The van der Waals surface area contributed by atoms with Gasteiger partial charge >= 0.3 is 0 Å².